The Labute approximate surface area is 198 Å². The number of carbonyl (C=O) groups is 1. The van der Waals surface area contributed by atoms with E-state index in [1.807, 2.05) is 6.92 Å². The van der Waals surface area contributed by atoms with Crippen molar-refractivity contribution >= 4 is 23.4 Å². The molecule has 0 saturated heterocycles. The van der Waals surface area contributed by atoms with E-state index in [1.165, 1.54) is 4.68 Å². The molecule has 5 heterocycles. The van der Waals surface area contributed by atoms with Gasteiger partial charge < -0.3 is 15.5 Å². The fraction of sp³-hybridized carbons (Fsp3) is 0.500. The Kier molecular flexibility index (Phi) is 4.97. The molecule has 3 aromatic heterocycles. The third kappa shape index (κ3) is 4.08. The molecule has 1 saturated carbocycles. The van der Waals surface area contributed by atoms with Crippen molar-refractivity contribution < 1.29 is 18.0 Å². The van der Waals surface area contributed by atoms with Gasteiger partial charge in [-0.2, -0.15) is 28.4 Å². The second kappa shape index (κ2) is 7.95. The summed E-state index contributed by atoms with van der Waals surface area (Å²) in [6, 6.07) is 0.783. The number of halogens is 3. The molecule has 3 aliphatic rings. The third-order valence-corrected chi connectivity index (χ3v) is 6.47. The second-order valence-corrected chi connectivity index (χ2v) is 9.24. The molecule has 3 aromatic rings. The van der Waals surface area contributed by atoms with Crippen LogP contribution in [-0.2, 0) is 30.5 Å². The van der Waals surface area contributed by atoms with Crippen molar-refractivity contribution in [3.8, 4) is 0 Å². The molecule has 1 aliphatic carbocycles. The summed E-state index contributed by atoms with van der Waals surface area (Å²) in [7, 11) is 0. The third-order valence-electron chi connectivity index (χ3n) is 6.47. The summed E-state index contributed by atoms with van der Waals surface area (Å²) in [5.74, 6) is 1.12. The smallest absolute Gasteiger partial charge is 0.357 e. The SMILES string of the molecule is C[C@@H]1Nc2nc(NCc3cnn(Cc4cc(C(F)(F)F)nn4C4CC4)c3)nc3c2N(CCC3)C1=O. The van der Waals surface area contributed by atoms with Gasteiger partial charge in [0.1, 0.15) is 11.7 Å². The van der Waals surface area contributed by atoms with Gasteiger partial charge in [-0.1, -0.05) is 0 Å². The van der Waals surface area contributed by atoms with Gasteiger partial charge in [0.2, 0.25) is 11.9 Å². The van der Waals surface area contributed by atoms with E-state index in [-0.39, 0.29) is 24.5 Å². The molecule has 184 valence electrons. The van der Waals surface area contributed by atoms with Crippen LogP contribution in [-0.4, -0.2) is 48.0 Å². The van der Waals surface area contributed by atoms with Gasteiger partial charge in [0, 0.05) is 24.8 Å². The van der Waals surface area contributed by atoms with Crippen molar-refractivity contribution in [2.45, 2.75) is 64.0 Å². The number of aromatic nitrogens is 6. The Morgan fingerprint density at radius 2 is 2.09 bits per heavy atom. The Morgan fingerprint density at radius 1 is 1.26 bits per heavy atom. The van der Waals surface area contributed by atoms with E-state index in [1.54, 1.807) is 22.0 Å². The predicted octanol–water partition coefficient (Wildman–Crippen LogP) is 2.98. The Bertz CT molecular complexity index is 1290. The van der Waals surface area contributed by atoms with E-state index in [2.05, 4.69) is 30.8 Å². The van der Waals surface area contributed by atoms with Crippen molar-refractivity contribution in [3.05, 3.63) is 41.1 Å². The molecule has 1 fully saturated rings. The fourth-order valence-corrected chi connectivity index (χ4v) is 4.63. The van der Waals surface area contributed by atoms with Crippen molar-refractivity contribution in [1.29, 1.82) is 0 Å². The quantitative estimate of drug-likeness (QED) is 0.551. The van der Waals surface area contributed by atoms with Gasteiger partial charge in [-0.15, -0.1) is 0 Å². The molecular formula is C22H24F3N9O. The lowest BCUT2D eigenvalue weighted by atomic mass is 10.0. The molecule has 10 nitrogen and oxygen atoms in total. The molecule has 13 heteroatoms. The summed E-state index contributed by atoms with van der Waals surface area (Å²) in [4.78, 5) is 23.4. The maximum Gasteiger partial charge on any atom is 0.435 e. The van der Waals surface area contributed by atoms with E-state index < -0.39 is 11.9 Å². The number of anilines is 3. The Morgan fingerprint density at radius 3 is 2.86 bits per heavy atom. The lowest BCUT2D eigenvalue weighted by Gasteiger charge is -2.37. The molecule has 35 heavy (non-hydrogen) atoms. The highest BCUT2D eigenvalue weighted by molar-refractivity contribution is 6.05. The number of nitrogens with one attached hydrogen (secondary N) is 2. The number of hydrogen-bond acceptors (Lipinski definition) is 7. The Hall–Kier alpha value is -3.64. The minimum absolute atomic E-state index is 0.0283. The maximum atomic E-state index is 13.2. The average Bonchev–Trinajstić information content (AvgIpc) is 3.41. The molecule has 2 N–H and O–H groups in total. The zero-order valence-electron chi connectivity index (χ0n) is 19.0. The second-order valence-electron chi connectivity index (χ2n) is 9.24. The molecule has 1 amide bonds. The number of carbonyl (C=O) groups excluding carboxylic acids is 1. The van der Waals surface area contributed by atoms with Crippen molar-refractivity contribution in [1.82, 2.24) is 29.5 Å². The van der Waals surface area contributed by atoms with Crippen molar-refractivity contribution in [2.75, 3.05) is 22.1 Å². The number of nitrogens with zero attached hydrogens (tertiary/aromatic N) is 7. The summed E-state index contributed by atoms with van der Waals surface area (Å²) in [6.07, 6.45) is 2.27. The number of alkyl halides is 3. The maximum absolute atomic E-state index is 13.2. The highest BCUT2D eigenvalue weighted by Gasteiger charge is 2.38. The van der Waals surface area contributed by atoms with Crippen LogP contribution >= 0.6 is 0 Å². The van der Waals surface area contributed by atoms with Crippen LogP contribution in [0, 0.1) is 0 Å². The first-order valence-corrected chi connectivity index (χ1v) is 11.7. The first-order chi connectivity index (χ1) is 16.8. The molecule has 0 aromatic carbocycles. The van der Waals surface area contributed by atoms with E-state index in [0.29, 0.717) is 30.5 Å². The normalized spacial score (nSPS) is 19.5. The summed E-state index contributed by atoms with van der Waals surface area (Å²) < 4.78 is 42.5. The highest BCUT2D eigenvalue weighted by atomic mass is 19.4. The first kappa shape index (κ1) is 21.9. The zero-order valence-corrected chi connectivity index (χ0v) is 19.0. The number of amides is 1. The largest absolute Gasteiger partial charge is 0.435 e. The van der Waals surface area contributed by atoms with Crippen LogP contribution in [0.5, 0.6) is 0 Å². The Balaban J connectivity index is 1.17. The van der Waals surface area contributed by atoms with Crippen molar-refractivity contribution in [3.63, 3.8) is 0 Å². The molecular weight excluding hydrogens is 463 g/mol. The van der Waals surface area contributed by atoms with Gasteiger partial charge in [0.05, 0.1) is 30.2 Å². The molecule has 1 atom stereocenters. The van der Waals surface area contributed by atoms with Gasteiger partial charge in [-0.25, -0.2) is 4.98 Å². The van der Waals surface area contributed by atoms with E-state index in [4.69, 9.17) is 0 Å². The van der Waals surface area contributed by atoms with Crippen LogP contribution in [0.2, 0.25) is 0 Å². The molecule has 6 rings (SSSR count). The van der Waals surface area contributed by atoms with Crippen LogP contribution in [0.15, 0.2) is 18.5 Å². The summed E-state index contributed by atoms with van der Waals surface area (Å²) >= 11 is 0. The standard InChI is InChI=1S/C22H24F3N9O/c1-12-20(35)33-6-2-3-16-18(33)19(28-12)30-21(29-16)26-8-13-9-27-32(10-13)11-15-7-17(22(23,24)25)31-34(15)14-4-5-14/h7,9-10,12,14H,2-6,8,11H2,1H3,(H2,26,28,29,30)/t12-/m0/s1. The topological polar surface area (TPSA) is 106 Å². The van der Waals surface area contributed by atoms with E-state index in [0.717, 1.165) is 48.7 Å². The lowest BCUT2D eigenvalue weighted by molar-refractivity contribution is -0.141. The van der Waals surface area contributed by atoms with Gasteiger partial charge >= 0.3 is 6.18 Å². The van der Waals surface area contributed by atoms with Gasteiger partial charge in [-0.3, -0.25) is 14.2 Å². The molecule has 0 radical (unpaired) electrons. The highest BCUT2D eigenvalue weighted by Crippen LogP contribution is 2.38. The number of aryl methyl sites for hydroxylation is 1. The molecule has 2 aliphatic heterocycles. The zero-order chi connectivity index (χ0) is 24.3. The van der Waals surface area contributed by atoms with Gasteiger partial charge in [-0.05, 0) is 38.7 Å². The summed E-state index contributed by atoms with van der Waals surface area (Å²) in [6.45, 7) is 3.08. The minimum Gasteiger partial charge on any atom is -0.357 e. The number of rotatable bonds is 6. The van der Waals surface area contributed by atoms with Crippen LogP contribution in [0.1, 0.15) is 54.9 Å². The van der Waals surface area contributed by atoms with E-state index >= 15 is 0 Å². The van der Waals surface area contributed by atoms with Crippen LogP contribution in [0.4, 0.5) is 30.6 Å². The first-order valence-electron chi connectivity index (χ1n) is 11.7. The van der Waals surface area contributed by atoms with Gasteiger partial charge in [0.25, 0.3) is 0 Å². The predicted molar refractivity (Wildman–Crippen MR) is 120 cm³/mol. The molecule has 0 unspecified atom stereocenters. The lowest BCUT2D eigenvalue weighted by Crippen LogP contribution is -2.48. The molecule has 0 bridgehead atoms. The van der Waals surface area contributed by atoms with E-state index in [9.17, 15) is 18.0 Å². The van der Waals surface area contributed by atoms with Crippen LogP contribution in [0.3, 0.4) is 0 Å². The number of hydrogen-bond donors (Lipinski definition) is 2. The summed E-state index contributed by atoms with van der Waals surface area (Å²) in [5.41, 5.74) is 2.06. The van der Waals surface area contributed by atoms with Crippen LogP contribution < -0.4 is 15.5 Å². The fourth-order valence-electron chi connectivity index (χ4n) is 4.63. The average molecular weight is 487 g/mol. The minimum atomic E-state index is -4.47. The monoisotopic (exact) mass is 487 g/mol. The summed E-state index contributed by atoms with van der Waals surface area (Å²) in [5, 5.41) is 14.5. The van der Waals surface area contributed by atoms with Crippen molar-refractivity contribution in [2.24, 2.45) is 0 Å². The molecule has 0 spiro atoms. The van der Waals surface area contributed by atoms with Gasteiger partial charge in [0.15, 0.2) is 11.5 Å². The van der Waals surface area contributed by atoms with Crippen LogP contribution in [0.25, 0.3) is 0 Å².